The summed E-state index contributed by atoms with van der Waals surface area (Å²) in [5, 5.41) is 3.98. The van der Waals surface area contributed by atoms with E-state index >= 15 is 0 Å². The maximum atomic E-state index is 13.8. The van der Waals surface area contributed by atoms with Crippen LogP contribution in [0.5, 0.6) is 11.5 Å². The summed E-state index contributed by atoms with van der Waals surface area (Å²) in [6, 6.07) is 12.6. The summed E-state index contributed by atoms with van der Waals surface area (Å²) in [4.78, 5) is 39.0. The highest BCUT2D eigenvalue weighted by molar-refractivity contribution is 6.30. The third-order valence-corrected chi connectivity index (χ3v) is 7.16. The van der Waals surface area contributed by atoms with Crippen LogP contribution in [0.25, 0.3) is 0 Å². The molecule has 1 aliphatic heterocycles. The molecule has 2 aromatic rings. The molecule has 0 aromatic heterocycles. The number of esters is 2. The summed E-state index contributed by atoms with van der Waals surface area (Å²) in [5.41, 5.74) is 3.92. The van der Waals surface area contributed by atoms with Gasteiger partial charge >= 0.3 is 11.9 Å². The molecule has 0 unspecified atom stereocenters. The number of halogens is 1. The Morgan fingerprint density at radius 3 is 2.38 bits per heavy atom. The largest absolute Gasteiger partial charge is 0.490 e. The molecule has 0 bridgehead atoms. The van der Waals surface area contributed by atoms with Crippen molar-refractivity contribution in [2.75, 3.05) is 26.4 Å². The topological polar surface area (TPSA) is 100 Å². The summed E-state index contributed by atoms with van der Waals surface area (Å²) in [7, 11) is 0. The Bertz CT molecular complexity index is 1350. The summed E-state index contributed by atoms with van der Waals surface area (Å²) >= 11 is 6.09. The molecular weight excluding hydrogens is 534 g/mol. The molecule has 0 saturated heterocycles. The number of allylic oxidation sites excluding steroid dienone is 3. The second kappa shape index (κ2) is 13.2. The van der Waals surface area contributed by atoms with Crippen molar-refractivity contribution in [3.63, 3.8) is 0 Å². The average molecular weight is 568 g/mol. The average Bonchev–Trinajstić information content (AvgIpc) is 2.91. The lowest BCUT2D eigenvalue weighted by Crippen LogP contribution is -2.36. The highest BCUT2D eigenvalue weighted by atomic mass is 35.5. The lowest BCUT2D eigenvalue weighted by molar-refractivity contribution is -0.141. The van der Waals surface area contributed by atoms with Gasteiger partial charge in [0.15, 0.2) is 17.3 Å². The van der Waals surface area contributed by atoms with E-state index in [1.165, 1.54) is 6.92 Å². The van der Waals surface area contributed by atoms with Crippen LogP contribution in [0.4, 0.5) is 0 Å². The first-order chi connectivity index (χ1) is 19.2. The van der Waals surface area contributed by atoms with Crippen LogP contribution in [0, 0.1) is 0 Å². The van der Waals surface area contributed by atoms with E-state index in [0.29, 0.717) is 52.8 Å². The Hall–Kier alpha value is -3.62. The summed E-state index contributed by atoms with van der Waals surface area (Å²) in [6.45, 7) is 8.01. The second-order valence-electron chi connectivity index (χ2n) is 9.63. The first-order valence-electron chi connectivity index (χ1n) is 13.4. The van der Waals surface area contributed by atoms with E-state index in [1.54, 1.807) is 18.2 Å². The fourth-order valence-corrected chi connectivity index (χ4v) is 5.37. The van der Waals surface area contributed by atoms with Gasteiger partial charge < -0.3 is 24.3 Å². The second-order valence-corrected chi connectivity index (χ2v) is 10.1. The number of rotatable bonds is 10. The zero-order valence-electron chi connectivity index (χ0n) is 23.2. The fraction of sp³-hybridized carbons (Fsp3) is 0.387. The Kier molecular flexibility index (Phi) is 9.66. The molecule has 1 aliphatic carbocycles. The molecule has 40 heavy (non-hydrogen) atoms. The molecule has 2 atom stereocenters. The number of ether oxygens (including phenoxy) is 4. The quantitative estimate of drug-likeness (QED) is 0.225. The molecule has 0 radical (unpaired) electrons. The van der Waals surface area contributed by atoms with Gasteiger partial charge in [-0.05, 0) is 68.5 Å². The zero-order valence-corrected chi connectivity index (χ0v) is 23.9. The van der Waals surface area contributed by atoms with Crippen molar-refractivity contribution in [3.05, 3.63) is 81.2 Å². The number of ketones is 1. The van der Waals surface area contributed by atoms with E-state index < -0.39 is 17.9 Å². The Balaban J connectivity index is 1.77. The number of nitrogens with one attached hydrogen (secondary N) is 1. The number of dihydropyridines is 1. The summed E-state index contributed by atoms with van der Waals surface area (Å²) in [6.07, 6.45) is 0.876. The number of Topliss-reactive ketones (excluding diaryl/α,β-unsaturated/α-hetero) is 1. The van der Waals surface area contributed by atoms with Gasteiger partial charge in [0.05, 0.1) is 18.8 Å². The molecule has 0 saturated carbocycles. The Morgan fingerprint density at radius 2 is 1.70 bits per heavy atom. The van der Waals surface area contributed by atoms with Crippen LogP contribution in [-0.2, 0) is 23.9 Å². The van der Waals surface area contributed by atoms with Gasteiger partial charge in [-0.3, -0.25) is 9.59 Å². The molecule has 2 aromatic carbocycles. The predicted octanol–water partition coefficient (Wildman–Crippen LogP) is 5.61. The van der Waals surface area contributed by atoms with E-state index in [9.17, 15) is 14.4 Å². The standard InChI is InChI=1S/C31H34ClNO7/c1-5-37-13-14-39-31(36)28-18(3)33-24-15-22(20-7-10-23(32)11-8-20)16-25(35)30(24)29(28)21-9-12-26(40-19(4)34)27(17-21)38-6-2/h7-12,17,22,29,33H,5-6,13-16H2,1-4H3/t22-,29+/m1/s1. The molecule has 0 spiro atoms. The first-order valence-corrected chi connectivity index (χ1v) is 13.8. The number of benzene rings is 2. The molecule has 0 amide bonds. The van der Waals surface area contributed by atoms with Gasteiger partial charge in [0, 0.05) is 47.9 Å². The third kappa shape index (κ3) is 6.57. The zero-order chi connectivity index (χ0) is 28.8. The fourth-order valence-electron chi connectivity index (χ4n) is 5.24. The SMILES string of the molecule is CCOCCOC(=O)C1=C(C)NC2=C(C(=O)C[C@H](c3ccc(Cl)cc3)C2)[C@H]1c1ccc(OC(C)=O)c(OCC)c1. The number of carbonyl (C=O) groups excluding carboxylic acids is 3. The van der Waals surface area contributed by atoms with Crippen LogP contribution in [0.2, 0.25) is 5.02 Å². The van der Waals surface area contributed by atoms with Crippen molar-refractivity contribution in [2.45, 2.75) is 52.4 Å². The van der Waals surface area contributed by atoms with E-state index in [4.69, 9.17) is 30.5 Å². The molecule has 212 valence electrons. The minimum Gasteiger partial charge on any atom is -0.490 e. The van der Waals surface area contributed by atoms with Gasteiger partial charge in [-0.25, -0.2) is 4.79 Å². The van der Waals surface area contributed by atoms with Gasteiger partial charge in [0.2, 0.25) is 0 Å². The van der Waals surface area contributed by atoms with Crippen LogP contribution < -0.4 is 14.8 Å². The van der Waals surface area contributed by atoms with E-state index in [1.807, 2.05) is 45.0 Å². The Morgan fingerprint density at radius 1 is 0.975 bits per heavy atom. The summed E-state index contributed by atoms with van der Waals surface area (Å²) in [5.74, 6) is -1.19. The van der Waals surface area contributed by atoms with Gasteiger partial charge in [0.25, 0.3) is 0 Å². The predicted molar refractivity (Wildman–Crippen MR) is 150 cm³/mol. The lowest BCUT2D eigenvalue weighted by atomic mass is 9.71. The molecule has 1 heterocycles. The van der Waals surface area contributed by atoms with Crippen molar-refractivity contribution in [1.82, 2.24) is 5.32 Å². The van der Waals surface area contributed by atoms with Crippen molar-refractivity contribution in [1.29, 1.82) is 0 Å². The monoisotopic (exact) mass is 567 g/mol. The normalized spacial score (nSPS) is 18.7. The molecule has 0 fully saturated rings. The molecule has 4 rings (SSSR count). The lowest BCUT2D eigenvalue weighted by Gasteiger charge is -2.37. The number of carbonyl (C=O) groups is 3. The number of hydrogen-bond donors (Lipinski definition) is 1. The molecule has 8 nitrogen and oxygen atoms in total. The van der Waals surface area contributed by atoms with Crippen LogP contribution in [0.1, 0.15) is 63.5 Å². The van der Waals surface area contributed by atoms with Crippen molar-refractivity contribution < 1.29 is 33.3 Å². The highest BCUT2D eigenvalue weighted by Crippen LogP contribution is 2.47. The maximum Gasteiger partial charge on any atom is 0.336 e. The highest BCUT2D eigenvalue weighted by Gasteiger charge is 2.41. The molecule has 9 heteroatoms. The minimum atomic E-state index is -0.694. The number of hydrogen-bond acceptors (Lipinski definition) is 8. The molecular formula is C31H34ClNO7. The van der Waals surface area contributed by atoms with Gasteiger partial charge in [0.1, 0.15) is 6.61 Å². The van der Waals surface area contributed by atoms with Gasteiger partial charge in [-0.1, -0.05) is 29.8 Å². The van der Waals surface area contributed by atoms with Gasteiger partial charge in [-0.15, -0.1) is 0 Å². The molecule has 2 aliphatic rings. The van der Waals surface area contributed by atoms with Crippen LogP contribution >= 0.6 is 11.6 Å². The van der Waals surface area contributed by atoms with E-state index in [0.717, 1.165) is 11.3 Å². The maximum absolute atomic E-state index is 13.8. The first kappa shape index (κ1) is 29.4. The van der Waals surface area contributed by atoms with Crippen LogP contribution in [0.15, 0.2) is 65.0 Å². The van der Waals surface area contributed by atoms with Crippen molar-refractivity contribution >= 4 is 29.3 Å². The van der Waals surface area contributed by atoms with E-state index in [-0.39, 0.29) is 37.1 Å². The minimum absolute atomic E-state index is 0.0329. The van der Waals surface area contributed by atoms with Crippen molar-refractivity contribution in [2.24, 2.45) is 0 Å². The third-order valence-electron chi connectivity index (χ3n) is 6.91. The smallest absolute Gasteiger partial charge is 0.336 e. The van der Waals surface area contributed by atoms with Crippen LogP contribution in [0.3, 0.4) is 0 Å². The summed E-state index contributed by atoms with van der Waals surface area (Å²) < 4.78 is 22.0. The van der Waals surface area contributed by atoms with Gasteiger partial charge in [-0.2, -0.15) is 0 Å². The molecule has 1 N–H and O–H groups in total. The van der Waals surface area contributed by atoms with Crippen molar-refractivity contribution in [3.8, 4) is 11.5 Å². The van der Waals surface area contributed by atoms with E-state index in [2.05, 4.69) is 5.32 Å². The Labute approximate surface area is 239 Å². The van der Waals surface area contributed by atoms with Crippen LogP contribution in [-0.4, -0.2) is 44.1 Å².